The van der Waals surface area contributed by atoms with Crippen LogP contribution in [0.1, 0.15) is 43.2 Å². The molecule has 2 rings (SSSR count). The van der Waals surface area contributed by atoms with Crippen LogP contribution in [0.5, 0.6) is 0 Å². The van der Waals surface area contributed by atoms with Crippen LogP contribution < -0.4 is 5.32 Å². The highest BCUT2D eigenvalue weighted by Crippen LogP contribution is 2.26. The van der Waals surface area contributed by atoms with Crippen molar-refractivity contribution in [3.8, 4) is 6.07 Å². The fourth-order valence-electron chi connectivity index (χ4n) is 2.07. The van der Waals surface area contributed by atoms with Gasteiger partial charge in [0.15, 0.2) is 0 Å². The van der Waals surface area contributed by atoms with E-state index in [0.717, 1.165) is 17.8 Å². The van der Waals surface area contributed by atoms with Crippen LogP contribution in [0.4, 0.5) is 0 Å². The van der Waals surface area contributed by atoms with E-state index in [1.165, 1.54) is 30.6 Å². The lowest BCUT2D eigenvalue weighted by atomic mass is 9.95. The van der Waals surface area contributed by atoms with Crippen LogP contribution in [0.3, 0.4) is 0 Å². The highest BCUT2D eigenvalue weighted by Gasteiger charge is 2.20. The maximum absolute atomic E-state index is 9.13. The highest BCUT2D eigenvalue weighted by molar-refractivity contribution is 7.15. The molecule has 3 nitrogen and oxygen atoms in total. The number of nitriles is 1. The molecule has 0 aliphatic heterocycles. The molecular weight excluding hydrogens is 242 g/mol. The number of hydrogen-bond donors (Lipinski definition) is 1. The Morgan fingerprint density at radius 3 is 2.81 bits per heavy atom. The summed E-state index contributed by atoms with van der Waals surface area (Å²) in [5.41, 5.74) is 0. The standard InChI is InChI=1S/C11H14ClN3S/c12-10-7-14-11(16-10)9(6-13)15-8-4-2-1-3-5-8/h7-9,15H,1-5H2. The predicted octanol–water partition coefficient (Wildman–Crippen LogP) is 3.28. The zero-order valence-corrected chi connectivity index (χ0v) is 10.5. The molecule has 0 aromatic carbocycles. The minimum Gasteiger partial charge on any atom is -0.293 e. The van der Waals surface area contributed by atoms with Gasteiger partial charge in [-0.25, -0.2) is 4.98 Å². The number of nitrogens with zero attached hydrogens (tertiary/aromatic N) is 2. The average molecular weight is 256 g/mol. The second kappa shape index (κ2) is 5.62. The lowest BCUT2D eigenvalue weighted by molar-refractivity contribution is 0.359. The van der Waals surface area contributed by atoms with Gasteiger partial charge in [-0.15, -0.1) is 11.3 Å². The van der Waals surface area contributed by atoms with Crippen molar-refractivity contribution in [1.82, 2.24) is 10.3 Å². The van der Waals surface area contributed by atoms with E-state index in [0.29, 0.717) is 10.4 Å². The zero-order valence-electron chi connectivity index (χ0n) is 8.95. The third-order valence-corrected chi connectivity index (χ3v) is 4.06. The summed E-state index contributed by atoms with van der Waals surface area (Å²) < 4.78 is 0.640. The van der Waals surface area contributed by atoms with Gasteiger partial charge >= 0.3 is 0 Å². The number of nitrogens with one attached hydrogen (secondary N) is 1. The Labute approximate surface area is 104 Å². The van der Waals surface area contributed by atoms with Crippen LogP contribution >= 0.6 is 22.9 Å². The monoisotopic (exact) mass is 255 g/mol. The molecule has 1 aromatic rings. The Morgan fingerprint density at radius 2 is 2.25 bits per heavy atom. The normalized spacial score (nSPS) is 19.2. The molecule has 1 atom stereocenters. The van der Waals surface area contributed by atoms with Crippen LogP contribution in [0.15, 0.2) is 6.20 Å². The Hall–Kier alpha value is -0.630. The summed E-state index contributed by atoms with van der Waals surface area (Å²) in [6.07, 6.45) is 7.77. The molecule has 1 aliphatic rings. The third kappa shape index (κ3) is 2.94. The summed E-state index contributed by atoms with van der Waals surface area (Å²) in [4.78, 5) is 4.15. The largest absolute Gasteiger partial charge is 0.293 e. The van der Waals surface area contributed by atoms with Gasteiger partial charge in [0, 0.05) is 6.04 Å². The molecule has 1 unspecified atom stereocenters. The second-order valence-corrected chi connectivity index (χ2v) is 5.76. The maximum atomic E-state index is 9.13. The van der Waals surface area contributed by atoms with E-state index in [2.05, 4.69) is 16.4 Å². The Balaban J connectivity index is 1.98. The van der Waals surface area contributed by atoms with E-state index in [4.69, 9.17) is 16.9 Å². The first-order chi connectivity index (χ1) is 7.79. The van der Waals surface area contributed by atoms with Crippen molar-refractivity contribution < 1.29 is 0 Å². The number of hydrogen-bond acceptors (Lipinski definition) is 4. The minimum atomic E-state index is -0.305. The van der Waals surface area contributed by atoms with E-state index in [9.17, 15) is 0 Å². The number of aromatic nitrogens is 1. The van der Waals surface area contributed by atoms with Crippen molar-refractivity contribution in [3.63, 3.8) is 0 Å². The number of halogens is 1. The van der Waals surface area contributed by atoms with Crippen molar-refractivity contribution in [2.24, 2.45) is 0 Å². The first-order valence-electron chi connectivity index (χ1n) is 5.56. The molecule has 16 heavy (non-hydrogen) atoms. The van der Waals surface area contributed by atoms with Gasteiger partial charge < -0.3 is 0 Å². The third-order valence-electron chi connectivity index (χ3n) is 2.88. The SMILES string of the molecule is N#CC(NC1CCCCC1)c1ncc(Cl)s1. The summed E-state index contributed by atoms with van der Waals surface area (Å²) in [5, 5.41) is 13.3. The molecule has 0 radical (unpaired) electrons. The summed E-state index contributed by atoms with van der Waals surface area (Å²) in [6.45, 7) is 0. The summed E-state index contributed by atoms with van der Waals surface area (Å²) >= 11 is 7.20. The van der Waals surface area contributed by atoms with Crippen LogP contribution in [-0.4, -0.2) is 11.0 Å². The molecule has 1 fully saturated rings. The lowest BCUT2D eigenvalue weighted by Crippen LogP contribution is -2.33. The molecular formula is C11H14ClN3S. The number of thiazole rings is 1. The average Bonchev–Trinajstić information content (AvgIpc) is 2.74. The van der Waals surface area contributed by atoms with Crippen molar-refractivity contribution in [3.05, 3.63) is 15.5 Å². The van der Waals surface area contributed by atoms with E-state index < -0.39 is 0 Å². The van der Waals surface area contributed by atoms with Gasteiger partial charge in [0.25, 0.3) is 0 Å². The Bertz CT molecular complexity index is 379. The molecule has 0 saturated heterocycles. The van der Waals surface area contributed by atoms with E-state index in [1.54, 1.807) is 6.20 Å². The molecule has 0 bridgehead atoms. The summed E-state index contributed by atoms with van der Waals surface area (Å²) in [5.74, 6) is 0. The van der Waals surface area contributed by atoms with Crippen molar-refractivity contribution >= 4 is 22.9 Å². The molecule has 0 spiro atoms. The van der Waals surface area contributed by atoms with Crippen molar-refractivity contribution in [2.45, 2.75) is 44.2 Å². The molecule has 1 N–H and O–H groups in total. The second-order valence-electron chi connectivity index (χ2n) is 4.07. The molecule has 1 aromatic heterocycles. The van der Waals surface area contributed by atoms with Crippen LogP contribution in [-0.2, 0) is 0 Å². The fourth-order valence-corrected chi connectivity index (χ4v) is 3.00. The predicted molar refractivity (Wildman–Crippen MR) is 65.5 cm³/mol. The summed E-state index contributed by atoms with van der Waals surface area (Å²) in [6, 6.07) is 2.41. The smallest absolute Gasteiger partial charge is 0.148 e. The zero-order chi connectivity index (χ0) is 11.4. The summed E-state index contributed by atoms with van der Waals surface area (Å²) in [7, 11) is 0. The van der Waals surface area contributed by atoms with Gasteiger partial charge in [-0.1, -0.05) is 30.9 Å². The van der Waals surface area contributed by atoms with Gasteiger partial charge in [0.05, 0.1) is 12.3 Å². The number of rotatable bonds is 3. The topological polar surface area (TPSA) is 48.7 Å². The van der Waals surface area contributed by atoms with Crippen LogP contribution in [0.25, 0.3) is 0 Å². The van der Waals surface area contributed by atoms with E-state index >= 15 is 0 Å². The van der Waals surface area contributed by atoms with E-state index in [1.807, 2.05) is 0 Å². The van der Waals surface area contributed by atoms with Crippen molar-refractivity contribution in [1.29, 1.82) is 5.26 Å². The van der Waals surface area contributed by atoms with Crippen LogP contribution in [0, 0.1) is 11.3 Å². The van der Waals surface area contributed by atoms with Gasteiger partial charge in [-0.05, 0) is 12.8 Å². The highest BCUT2D eigenvalue weighted by atomic mass is 35.5. The Morgan fingerprint density at radius 1 is 1.50 bits per heavy atom. The van der Waals surface area contributed by atoms with Crippen LogP contribution in [0.2, 0.25) is 4.34 Å². The molecule has 1 heterocycles. The maximum Gasteiger partial charge on any atom is 0.148 e. The van der Waals surface area contributed by atoms with Gasteiger partial charge in [-0.3, -0.25) is 5.32 Å². The van der Waals surface area contributed by atoms with Gasteiger partial charge in [0.2, 0.25) is 0 Å². The fraction of sp³-hybridized carbons (Fsp3) is 0.636. The minimum absolute atomic E-state index is 0.305. The lowest BCUT2D eigenvalue weighted by Gasteiger charge is -2.24. The van der Waals surface area contributed by atoms with Gasteiger partial charge in [0.1, 0.15) is 15.4 Å². The molecule has 1 saturated carbocycles. The van der Waals surface area contributed by atoms with Gasteiger partial charge in [-0.2, -0.15) is 5.26 Å². The molecule has 0 amide bonds. The molecule has 5 heteroatoms. The van der Waals surface area contributed by atoms with E-state index in [-0.39, 0.29) is 6.04 Å². The first-order valence-corrected chi connectivity index (χ1v) is 6.76. The Kier molecular flexibility index (Phi) is 4.16. The molecule has 86 valence electrons. The molecule has 1 aliphatic carbocycles. The quantitative estimate of drug-likeness (QED) is 0.902. The first kappa shape index (κ1) is 11.8. The van der Waals surface area contributed by atoms with Crippen molar-refractivity contribution in [2.75, 3.05) is 0 Å².